The summed E-state index contributed by atoms with van der Waals surface area (Å²) in [6.07, 6.45) is 3.04. The lowest BCUT2D eigenvalue weighted by molar-refractivity contribution is -0.116. The molecule has 1 aromatic heterocycles. The van der Waals surface area contributed by atoms with E-state index in [1.54, 1.807) is 6.07 Å². The van der Waals surface area contributed by atoms with Crippen molar-refractivity contribution in [2.45, 2.75) is 32.1 Å². The van der Waals surface area contributed by atoms with E-state index in [0.717, 1.165) is 11.1 Å². The maximum atomic E-state index is 13.0. The molecule has 1 atom stereocenters. The van der Waals surface area contributed by atoms with Crippen LogP contribution in [0.3, 0.4) is 0 Å². The average molecular weight is 434 g/mol. The summed E-state index contributed by atoms with van der Waals surface area (Å²) >= 11 is 6.05. The number of ketones is 1. The number of carbonyl (C=O) groups is 2. The number of benzene rings is 1. The number of hydrogen-bond donors (Lipinski definition) is 2. The first kappa shape index (κ1) is 20.6. The van der Waals surface area contributed by atoms with Crippen molar-refractivity contribution in [3.05, 3.63) is 87.1 Å². The number of nitrogens with one attached hydrogen (secondary N) is 1. The molecule has 0 saturated carbocycles. The molecule has 1 aliphatic carbocycles. The summed E-state index contributed by atoms with van der Waals surface area (Å²) in [5.74, 6) is -1.05. The van der Waals surface area contributed by atoms with Crippen molar-refractivity contribution in [3.8, 4) is 6.07 Å². The summed E-state index contributed by atoms with van der Waals surface area (Å²) in [6, 6.07) is 13.0. The number of allylic oxidation sites excluding steroid dienone is 3. The van der Waals surface area contributed by atoms with E-state index in [2.05, 4.69) is 16.5 Å². The van der Waals surface area contributed by atoms with Crippen molar-refractivity contribution in [2.24, 2.45) is 5.73 Å². The van der Waals surface area contributed by atoms with Crippen LogP contribution >= 0.6 is 11.6 Å². The Morgan fingerprint density at radius 1 is 1.29 bits per heavy atom. The minimum atomic E-state index is -0.566. The van der Waals surface area contributed by atoms with Crippen LogP contribution in [-0.2, 0) is 4.79 Å². The molecule has 156 valence electrons. The Hall–Kier alpha value is -3.63. The van der Waals surface area contributed by atoms with Gasteiger partial charge in [-0.1, -0.05) is 41.4 Å². The van der Waals surface area contributed by atoms with Gasteiger partial charge in [0, 0.05) is 23.9 Å². The van der Waals surface area contributed by atoms with Crippen LogP contribution in [0, 0.1) is 18.3 Å². The van der Waals surface area contributed by atoms with E-state index in [9.17, 15) is 14.9 Å². The van der Waals surface area contributed by atoms with Crippen molar-refractivity contribution in [1.82, 2.24) is 15.4 Å². The monoisotopic (exact) mass is 433 g/mol. The van der Waals surface area contributed by atoms with Gasteiger partial charge in [0.2, 0.25) is 0 Å². The predicted octanol–water partition coefficient (Wildman–Crippen LogP) is 3.49. The predicted molar refractivity (Wildman–Crippen MR) is 115 cm³/mol. The first-order valence-electron chi connectivity index (χ1n) is 9.86. The number of aryl methyl sites for hydroxylation is 1. The molecule has 1 unspecified atom stereocenters. The zero-order chi connectivity index (χ0) is 22.1. The standard InChI is InChI=1S/C23H20ClN5O2/c1-13-7-9-14(10-8-13)19-16(12-25)22(26)29(17-5-2-6-18(30)20(17)19)28-23(31)15-4-3-11-27-21(15)24/h3-4,7-11,19H,2,5-6,26H2,1H3,(H,28,31). The van der Waals surface area contributed by atoms with Crippen LogP contribution in [0.5, 0.6) is 0 Å². The van der Waals surface area contributed by atoms with Crippen LogP contribution < -0.4 is 11.2 Å². The lowest BCUT2D eigenvalue weighted by atomic mass is 9.76. The molecule has 3 N–H and O–H groups in total. The molecule has 0 spiro atoms. The Balaban J connectivity index is 1.82. The third-order valence-corrected chi connectivity index (χ3v) is 5.84. The highest BCUT2D eigenvalue weighted by Gasteiger charge is 2.40. The van der Waals surface area contributed by atoms with Crippen LogP contribution in [0.4, 0.5) is 0 Å². The Labute approximate surface area is 184 Å². The maximum absolute atomic E-state index is 13.0. The molecule has 31 heavy (non-hydrogen) atoms. The zero-order valence-electron chi connectivity index (χ0n) is 16.9. The molecule has 2 heterocycles. The number of Topliss-reactive ketones (excluding diaryl/α,β-unsaturated/α-hetero) is 1. The molecule has 7 nitrogen and oxygen atoms in total. The van der Waals surface area contributed by atoms with Gasteiger partial charge in [-0.15, -0.1) is 0 Å². The molecule has 0 fully saturated rings. The molecule has 2 aromatic rings. The van der Waals surface area contributed by atoms with Gasteiger partial charge >= 0.3 is 0 Å². The highest BCUT2D eigenvalue weighted by molar-refractivity contribution is 6.32. The minimum Gasteiger partial charge on any atom is -0.383 e. The highest BCUT2D eigenvalue weighted by Crippen LogP contribution is 2.44. The molecule has 4 rings (SSSR count). The summed E-state index contributed by atoms with van der Waals surface area (Å²) in [6.45, 7) is 1.97. The van der Waals surface area contributed by atoms with Crippen LogP contribution in [0.2, 0.25) is 5.15 Å². The van der Waals surface area contributed by atoms with Crippen LogP contribution in [0.15, 0.2) is 65.3 Å². The van der Waals surface area contributed by atoms with Crippen LogP contribution in [0.25, 0.3) is 0 Å². The van der Waals surface area contributed by atoms with Gasteiger partial charge in [-0.2, -0.15) is 5.26 Å². The first-order chi connectivity index (χ1) is 14.9. The van der Waals surface area contributed by atoms with Crippen molar-refractivity contribution in [3.63, 3.8) is 0 Å². The van der Waals surface area contributed by atoms with E-state index in [1.165, 1.54) is 17.3 Å². The fourth-order valence-electron chi connectivity index (χ4n) is 4.02. The molecule has 1 aromatic carbocycles. The van der Waals surface area contributed by atoms with Crippen LogP contribution in [0.1, 0.15) is 46.7 Å². The van der Waals surface area contributed by atoms with Crippen molar-refractivity contribution in [2.75, 3.05) is 0 Å². The van der Waals surface area contributed by atoms with Gasteiger partial charge in [0.05, 0.1) is 23.1 Å². The molecule has 8 heteroatoms. The molecule has 0 bridgehead atoms. The van der Waals surface area contributed by atoms with Gasteiger partial charge in [0.1, 0.15) is 11.0 Å². The van der Waals surface area contributed by atoms with Gasteiger partial charge in [-0.3, -0.25) is 15.0 Å². The number of halogens is 1. The lowest BCUT2D eigenvalue weighted by Crippen LogP contribution is -2.48. The Bertz CT molecular complexity index is 1180. The van der Waals surface area contributed by atoms with Crippen molar-refractivity contribution < 1.29 is 9.59 Å². The van der Waals surface area contributed by atoms with E-state index < -0.39 is 11.8 Å². The largest absolute Gasteiger partial charge is 0.383 e. The molecule has 2 aliphatic rings. The number of hydrazine groups is 1. The zero-order valence-corrected chi connectivity index (χ0v) is 17.6. The summed E-state index contributed by atoms with van der Waals surface area (Å²) in [5, 5.41) is 11.4. The number of amides is 1. The van der Waals surface area contributed by atoms with Crippen molar-refractivity contribution >= 4 is 23.3 Å². The number of nitriles is 1. The smallest absolute Gasteiger partial charge is 0.273 e. The summed E-state index contributed by atoms with van der Waals surface area (Å²) in [5.41, 5.74) is 12.5. The fourth-order valence-corrected chi connectivity index (χ4v) is 4.23. The Morgan fingerprint density at radius 3 is 2.71 bits per heavy atom. The number of nitrogens with zero attached hydrogens (tertiary/aromatic N) is 3. The second kappa shape index (κ2) is 8.25. The van der Waals surface area contributed by atoms with E-state index in [1.807, 2.05) is 31.2 Å². The number of pyridine rings is 1. The molecular weight excluding hydrogens is 414 g/mol. The molecule has 1 aliphatic heterocycles. The number of rotatable bonds is 3. The van der Waals surface area contributed by atoms with Gasteiger partial charge < -0.3 is 5.73 Å². The topological polar surface area (TPSA) is 112 Å². The van der Waals surface area contributed by atoms with Gasteiger partial charge in [-0.05, 0) is 37.5 Å². The van der Waals surface area contributed by atoms with E-state index in [0.29, 0.717) is 30.5 Å². The van der Waals surface area contributed by atoms with E-state index in [-0.39, 0.29) is 27.9 Å². The van der Waals surface area contributed by atoms with E-state index >= 15 is 0 Å². The van der Waals surface area contributed by atoms with E-state index in [4.69, 9.17) is 17.3 Å². The Morgan fingerprint density at radius 2 is 2.03 bits per heavy atom. The number of nitrogens with two attached hydrogens (primary N) is 1. The second-order valence-corrected chi connectivity index (χ2v) is 7.87. The summed E-state index contributed by atoms with van der Waals surface area (Å²) in [7, 11) is 0. The third kappa shape index (κ3) is 3.66. The maximum Gasteiger partial charge on any atom is 0.273 e. The molecule has 0 saturated heterocycles. The summed E-state index contributed by atoms with van der Waals surface area (Å²) < 4.78 is 0. The number of aromatic nitrogens is 1. The van der Waals surface area contributed by atoms with Gasteiger partial charge in [0.25, 0.3) is 5.91 Å². The SMILES string of the molecule is Cc1ccc(C2C(C#N)=C(N)N(NC(=O)c3cccnc3Cl)C3=C2C(=O)CCC3)cc1. The third-order valence-electron chi connectivity index (χ3n) is 5.54. The van der Waals surface area contributed by atoms with Gasteiger partial charge in [0.15, 0.2) is 5.78 Å². The van der Waals surface area contributed by atoms with Crippen LogP contribution in [-0.4, -0.2) is 21.7 Å². The fraction of sp³-hybridized carbons (Fsp3) is 0.217. The quantitative estimate of drug-likeness (QED) is 0.716. The lowest BCUT2D eigenvalue weighted by Gasteiger charge is -2.39. The van der Waals surface area contributed by atoms with Crippen molar-refractivity contribution in [1.29, 1.82) is 5.26 Å². The summed E-state index contributed by atoms with van der Waals surface area (Å²) in [4.78, 5) is 29.8. The average Bonchev–Trinajstić information content (AvgIpc) is 2.76. The Kier molecular flexibility index (Phi) is 5.49. The number of hydrogen-bond acceptors (Lipinski definition) is 6. The first-order valence-corrected chi connectivity index (χ1v) is 10.2. The second-order valence-electron chi connectivity index (χ2n) is 7.51. The number of carbonyl (C=O) groups excluding carboxylic acids is 2. The molecule has 1 amide bonds. The molecule has 0 radical (unpaired) electrons. The normalized spacial score (nSPS) is 18.5. The van der Waals surface area contributed by atoms with Gasteiger partial charge in [-0.25, -0.2) is 9.99 Å². The highest BCUT2D eigenvalue weighted by atomic mass is 35.5. The minimum absolute atomic E-state index is 0.0477. The molecular formula is C23H20ClN5O2.